The number of ether oxygens (including phenoxy) is 1. The van der Waals surface area contributed by atoms with Crippen LogP contribution in [0.3, 0.4) is 0 Å². The molecule has 2 aliphatic heterocycles. The third-order valence-electron chi connectivity index (χ3n) is 3.53. The van der Waals surface area contributed by atoms with E-state index >= 15 is 0 Å². The van der Waals surface area contributed by atoms with Crippen LogP contribution in [0, 0.1) is 0 Å². The number of nitrogens with two attached hydrogens (primary N) is 1. The smallest absolute Gasteiger partial charge is 0.239 e. The van der Waals surface area contributed by atoms with Crippen molar-refractivity contribution in [3.8, 4) is 0 Å². The van der Waals surface area contributed by atoms with Gasteiger partial charge >= 0.3 is 0 Å². The number of nitrogens with zero attached hydrogens (tertiary/aromatic N) is 2. The number of carbonyl (C=O) groups is 2. The summed E-state index contributed by atoms with van der Waals surface area (Å²) in [6, 6.07) is -0.378. The van der Waals surface area contributed by atoms with Crippen LogP contribution in [0.25, 0.3) is 0 Å². The zero-order chi connectivity index (χ0) is 13.0. The van der Waals surface area contributed by atoms with Crippen molar-refractivity contribution in [2.45, 2.75) is 25.3 Å². The van der Waals surface area contributed by atoms with Crippen molar-refractivity contribution in [3.63, 3.8) is 0 Å². The van der Waals surface area contributed by atoms with Crippen molar-refractivity contribution >= 4 is 11.8 Å². The van der Waals surface area contributed by atoms with Crippen LogP contribution in [0.4, 0.5) is 0 Å². The van der Waals surface area contributed by atoms with Crippen LogP contribution in [0.15, 0.2) is 0 Å². The molecule has 2 heterocycles. The first-order chi connectivity index (χ1) is 8.68. The van der Waals surface area contributed by atoms with Gasteiger partial charge < -0.3 is 20.3 Å². The second-order valence-electron chi connectivity index (χ2n) is 4.82. The fraction of sp³-hybridized carbons (Fsp3) is 0.833. The molecule has 0 aromatic heterocycles. The number of hydrogen-bond acceptors (Lipinski definition) is 4. The lowest BCUT2D eigenvalue weighted by molar-refractivity contribution is -0.138. The number of hydrogen-bond donors (Lipinski definition) is 1. The van der Waals surface area contributed by atoms with Gasteiger partial charge in [-0.3, -0.25) is 9.59 Å². The topological polar surface area (TPSA) is 75.9 Å². The number of piperidine rings is 1. The number of amides is 2. The lowest BCUT2D eigenvalue weighted by atomic mass is 10.1. The van der Waals surface area contributed by atoms with Crippen LogP contribution >= 0.6 is 0 Å². The van der Waals surface area contributed by atoms with Crippen LogP contribution in [0.1, 0.15) is 19.3 Å². The van der Waals surface area contributed by atoms with E-state index in [2.05, 4.69) is 0 Å². The predicted molar refractivity (Wildman–Crippen MR) is 65.8 cm³/mol. The van der Waals surface area contributed by atoms with Crippen molar-refractivity contribution in [2.75, 3.05) is 39.4 Å². The molecule has 0 radical (unpaired) electrons. The summed E-state index contributed by atoms with van der Waals surface area (Å²) in [5.74, 6) is 0.0845. The molecule has 1 atom stereocenters. The van der Waals surface area contributed by atoms with E-state index in [1.807, 2.05) is 0 Å². The van der Waals surface area contributed by atoms with E-state index in [0.29, 0.717) is 39.3 Å². The molecule has 2 saturated heterocycles. The maximum atomic E-state index is 11.9. The largest absolute Gasteiger partial charge is 0.378 e. The molecule has 0 bridgehead atoms. The molecule has 2 fully saturated rings. The summed E-state index contributed by atoms with van der Waals surface area (Å²) >= 11 is 0. The summed E-state index contributed by atoms with van der Waals surface area (Å²) in [7, 11) is 0. The average molecular weight is 255 g/mol. The summed E-state index contributed by atoms with van der Waals surface area (Å²) in [5, 5.41) is 0. The molecule has 2 aliphatic rings. The van der Waals surface area contributed by atoms with E-state index < -0.39 is 0 Å². The quantitative estimate of drug-likeness (QED) is 0.715. The first-order valence-electron chi connectivity index (χ1n) is 6.58. The van der Waals surface area contributed by atoms with Gasteiger partial charge in [-0.25, -0.2) is 0 Å². The predicted octanol–water partition coefficient (Wildman–Crippen LogP) is -0.815. The van der Waals surface area contributed by atoms with Crippen LogP contribution in [0.5, 0.6) is 0 Å². The Labute approximate surface area is 107 Å². The first kappa shape index (κ1) is 13.3. The van der Waals surface area contributed by atoms with E-state index in [1.165, 1.54) is 0 Å². The van der Waals surface area contributed by atoms with Gasteiger partial charge in [-0.15, -0.1) is 0 Å². The SMILES string of the molecule is NC1CCCN(CCC(=O)N2CCOCC2)C1=O. The molecule has 6 nitrogen and oxygen atoms in total. The molecular formula is C12H21N3O3. The highest BCUT2D eigenvalue weighted by atomic mass is 16.5. The lowest BCUT2D eigenvalue weighted by Gasteiger charge is -2.32. The fourth-order valence-corrected chi connectivity index (χ4v) is 2.39. The van der Waals surface area contributed by atoms with Crippen molar-refractivity contribution in [3.05, 3.63) is 0 Å². The number of rotatable bonds is 3. The Morgan fingerprint density at radius 1 is 1.33 bits per heavy atom. The van der Waals surface area contributed by atoms with Gasteiger partial charge in [0.15, 0.2) is 0 Å². The highest BCUT2D eigenvalue weighted by Gasteiger charge is 2.26. The first-order valence-corrected chi connectivity index (χ1v) is 6.58. The summed E-state index contributed by atoms with van der Waals surface area (Å²) in [4.78, 5) is 27.2. The Kier molecular flexibility index (Phi) is 4.54. The summed E-state index contributed by atoms with van der Waals surface area (Å²) in [5.41, 5.74) is 5.71. The van der Waals surface area contributed by atoms with Crippen molar-refractivity contribution in [1.82, 2.24) is 9.80 Å². The second-order valence-corrected chi connectivity index (χ2v) is 4.82. The third-order valence-corrected chi connectivity index (χ3v) is 3.53. The molecule has 0 aromatic rings. The number of likely N-dealkylation sites (tertiary alicyclic amines) is 1. The molecule has 102 valence electrons. The fourth-order valence-electron chi connectivity index (χ4n) is 2.39. The monoisotopic (exact) mass is 255 g/mol. The van der Waals surface area contributed by atoms with Gasteiger partial charge in [-0.2, -0.15) is 0 Å². The average Bonchev–Trinajstić information content (AvgIpc) is 2.41. The third kappa shape index (κ3) is 3.20. The van der Waals surface area contributed by atoms with Crippen molar-refractivity contribution < 1.29 is 14.3 Å². The lowest BCUT2D eigenvalue weighted by Crippen LogP contribution is -2.49. The Morgan fingerprint density at radius 3 is 2.78 bits per heavy atom. The maximum Gasteiger partial charge on any atom is 0.239 e. The maximum absolute atomic E-state index is 11.9. The van der Waals surface area contributed by atoms with E-state index in [9.17, 15) is 9.59 Å². The molecule has 2 rings (SSSR count). The Hall–Kier alpha value is -1.14. The number of morpholine rings is 1. The highest BCUT2D eigenvalue weighted by Crippen LogP contribution is 2.11. The zero-order valence-corrected chi connectivity index (χ0v) is 10.6. The van der Waals surface area contributed by atoms with Gasteiger partial charge in [0.25, 0.3) is 0 Å². The van der Waals surface area contributed by atoms with Crippen LogP contribution in [-0.2, 0) is 14.3 Å². The molecule has 0 saturated carbocycles. The highest BCUT2D eigenvalue weighted by molar-refractivity contribution is 5.83. The minimum absolute atomic E-state index is 0.0176. The molecule has 18 heavy (non-hydrogen) atoms. The molecule has 2 N–H and O–H groups in total. The molecule has 0 aromatic carbocycles. The standard InChI is InChI=1S/C12H21N3O3/c13-10-2-1-4-15(12(10)17)5-3-11(16)14-6-8-18-9-7-14/h10H,1-9,13H2. The van der Waals surface area contributed by atoms with E-state index in [-0.39, 0.29) is 17.9 Å². The van der Waals surface area contributed by atoms with E-state index in [1.54, 1.807) is 9.80 Å². The van der Waals surface area contributed by atoms with Crippen LogP contribution in [0.2, 0.25) is 0 Å². The molecule has 6 heteroatoms. The van der Waals surface area contributed by atoms with Gasteiger partial charge in [0.05, 0.1) is 19.3 Å². The summed E-state index contributed by atoms with van der Waals surface area (Å²) in [6.45, 7) is 3.75. The molecular weight excluding hydrogens is 234 g/mol. The van der Waals surface area contributed by atoms with Gasteiger partial charge in [-0.05, 0) is 12.8 Å². The van der Waals surface area contributed by atoms with Crippen LogP contribution in [-0.4, -0.2) is 67.0 Å². The summed E-state index contributed by atoms with van der Waals surface area (Å²) in [6.07, 6.45) is 2.07. The molecule has 1 unspecified atom stereocenters. The minimum atomic E-state index is -0.378. The Morgan fingerprint density at radius 2 is 2.06 bits per heavy atom. The van der Waals surface area contributed by atoms with Crippen molar-refractivity contribution in [1.29, 1.82) is 0 Å². The zero-order valence-electron chi connectivity index (χ0n) is 10.6. The van der Waals surface area contributed by atoms with Gasteiger partial charge in [0.1, 0.15) is 0 Å². The van der Waals surface area contributed by atoms with E-state index in [4.69, 9.17) is 10.5 Å². The van der Waals surface area contributed by atoms with E-state index in [0.717, 1.165) is 19.4 Å². The van der Waals surface area contributed by atoms with Crippen molar-refractivity contribution in [2.24, 2.45) is 5.73 Å². The number of carbonyl (C=O) groups excluding carboxylic acids is 2. The molecule has 2 amide bonds. The Balaban J connectivity index is 1.76. The van der Waals surface area contributed by atoms with Crippen LogP contribution < -0.4 is 5.73 Å². The van der Waals surface area contributed by atoms with Gasteiger partial charge in [0, 0.05) is 32.6 Å². The normalized spacial score (nSPS) is 25.4. The second kappa shape index (κ2) is 6.15. The van der Waals surface area contributed by atoms with Gasteiger partial charge in [-0.1, -0.05) is 0 Å². The minimum Gasteiger partial charge on any atom is -0.378 e. The Bertz CT molecular complexity index is 316. The molecule has 0 spiro atoms. The molecule has 0 aliphatic carbocycles. The summed E-state index contributed by atoms with van der Waals surface area (Å²) < 4.78 is 5.20. The van der Waals surface area contributed by atoms with Gasteiger partial charge in [0.2, 0.25) is 11.8 Å².